The maximum Gasteiger partial charge on any atom is 0.320 e. The van der Waals surface area contributed by atoms with E-state index in [1.54, 1.807) is 0 Å². The fourth-order valence-electron chi connectivity index (χ4n) is 4.39. The molecule has 3 heterocycles. The zero-order valence-corrected chi connectivity index (χ0v) is 18.1. The summed E-state index contributed by atoms with van der Waals surface area (Å²) in [5.74, 6) is -0.627. The number of anilines is 1. The first-order valence-electron chi connectivity index (χ1n) is 10.6. The lowest BCUT2D eigenvalue weighted by Gasteiger charge is -2.40. The van der Waals surface area contributed by atoms with Gasteiger partial charge in [0, 0.05) is 44.1 Å². The van der Waals surface area contributed by atoms with Gasteiger partial charge in [-0.3, -0.25) is 14.5 Å². The fourth-order valence-corrected chi connectivity index (χ4v) is 5.69. The molecule has 4 rings (SSSR count). The lowest BCUT2D eigenvalue weighted by Crippen LogP contribution is -2.57. The first-order valence-corrected chi connectivity index (χ1v) is 11.4. The van der Waals surface area contributed by atoms with Crippen molar-refractivity contribution in [2.45, 2.75) is 32.2 Å². The second kappa shape index (κ2) is 8.91. The number of nitrogens with one attached hydrogen (secondary N) is 1. The lowest BCUT2D eigenvalue weighted by atomic mass is 10.1. The molecule has 3 aliphatic rings. The Bertz CT molecular complexity index is 827. The van der Waals surface area contributed by atoms with Crippen LogP contribution in [0.3, 0.4) is 0 Å². The maximum absolute atomic E-state index is 12.9. The number of amides is 4. The van der Waals surface area contributed by atoms with Gasteiger partial charge in [-0.25, -0.2) is 4.79 Å². The average molecular weight is 436 g/mol. The van der Waals surface area contributed by atoms with Crippen LogP contribution >= 0.6 is 11.3 Å². The van der Waals surface area contributed by atoms with Crippen molar-refractivity contribution < 1.29 is 19.1 Å². The Labute approximate surface area is 180 Å². The van der Waals surface area contributed by atoms with Crippen LogP contribution in [-0.2, 0) is 22.4 Å². The van der Waals surface area contributed by atoms with E-state index in [0.717, 1.165) is 29.7 Å². The number of fused-ring (bicyclic) bond motifs is 1. The molecule has 0 aromatic carbocycles. The molecule has 1 aliphatic carbocycles. The number of primary amides is 1. The van der Waals surface area contributed by atoms with Crippen molar-refractivity contribution in [2.75, 3.05) is 57.8 Å². The van der Waals surface area contributed by atoms with Crippen molar-refractivity contribution in [3.8, 4) is 0 Å². The van der Waals surface area contributed by atoms with E-state index in [1.165, 1.54) is 11.3 Å². The number of ether oxygens (including phenoxy) is 1. The molecular formula is C20H29N5O4S. The quantitative estimate of drug-likeness (QED) is 0.725. The third kappa shape index (κ3) is 4.17. The van der Waals surface area contributed by atoms with Gasteiger partial charge < -0.3 is 25.6 Å². The van der Waals surface area contributed by atoms with E-state index in [-0.39, 0.29) is 18.0 Å². The molecule has 9 nitrogen and oxygen atoms in total. The first kappa shape index (κ1) is 21.1. The highest BCUT2D eigenvalue weighted by molar-refractivity contribution is 7.17. The van der Waals surface area contributed by atoms with Crippen molar-refractivity contribution in [2.24, 2.45) is 5.73 Å². The second-order valence-electron chi connectivity index (χ2n) is 8.00. The second-order valence-corrected chi connectivity index (χ2v) is 9.10. The highest BCUT2D eigenvalue weighted by atomic mass is 32.1. The summed E-state index contributed by atoms with van der Waals surface area (Å²) >= 11 is 1.47. The van der Waals surface area contributed by atoms with Crippen LogP contribution in [0.25, 0.3) is 0 Å². The number of hydrogen-bond acceptors (Lipinski definition) is 6. The van der Waals surface area contributed by atoms with E-state index in [0.29, 0.717) is 63.0 Å². The molecule has 1 atom stereocenters. The predicted octanol–water partition coefficient (Wildman–Crippen LogP) is 0.733. The topological polar surface area (TPSA) is 108 Å². The molecule has 2 saturated heterocycles. The molecule has 0 bridgehead atoms. The van der Waals surface area contributed by atoms with Gasteiger partial charge >= 0.3 is 6.03 Å². The summed E-state index contributed by atoms with van der Waals surface area (Å²) in [6.45, 7) is 6.74. The molecule has 0 spiro atoms. The van der Waals surface area contributed by atoms with Gasteiger partial charge in [-0.05, 0) is 31.7 Å². The standard InChI is InChI=1S/C20H29N5O4S/c1-13(18(27)22-19-16(17(21)26)14-3-2-4-15(14)30-19)23-5-7-24(8-6-23)20(28)25-9-11-29-12-10-25/h13H,2-12H2,1H3,(H2,21,26)(H,22,27). The Morgan fingerprint density at radius 3 is 2.37 bits per heavy atom. The number of thiophene rings is 1. The molecule has 30 heavy (non-hydrogen) atoms. The highest BCUT2D eigenvalue weighted by Crippen LogP contribution is 2.38. The van der Waals surface area contributed by atoms with Crippen LogP contribution in [0.2, 0.25) is 0 Å². The van der Waals surface area contributed by atoms with E-state index in [9.17, 15) is 14.4 Å². The summed E-state index contributed by atoms with van der Waals surface area (Å²) in [6, 6.07) is -0.308. The Morgan fingerprint density at radius 1 is 1.03 bits per heavy atom. The number of nitrogens with zero attached hydrogens (tertiary/aromatic N) is 3. The van der Waals surface area contributed by atoms with Crippen LogP contribution in [0.4, 0.5) is 9.80 Å². The van der Waals surface area contributed by atoms with Gasteiger partial charge in [0.2, 0.25) is 5.91 Å². The molecule has 2 fully saturated rings. The zero-order chi connectivity index (χ0) is 21.3. The number of nitrogens with two attached hydrogens (primary N) is 1. The number of piperazine rings is 1. The van der Waals surface area contributed by atoms with E-state index < -0.39 is 5.91 Å². The molecule has 10 heteroatoms. The van der Waals surface area contributed by atoms with Crippen LogP contribution in [-0.4, -0.2) is 91.1 Å². The summed E-state index contributed by atoms with van der Waals surface area (Å²) in [5, 5.41) is 3.51. The third-order valence-electron chi connectivity index (χ3n) is 6.20. The molecule has 1 aromatic heterocycles. The lowest BCUT2D eigenvalue weighted by molar-refractivity contribution is -0.121. The summed E-state index contributed by atoms with van der Waals surface area (Å²) in [7, 11) is 0. The minimum Gasteiger partial charge on any atom is -0.378 e. The SMILES string of the molecule is CC(C(=O)Nc1sc2c(c1C(N)=O)CCC2)N1CCN(C(=O)N2CCOCC2)CC1. The monoisotopic (exact) mass is 435 g/mol. The van der Waals surface area contributed by atoms with Crippen molar-refractivity contribution in [3.63, 3.8) is 0 Å². The molecule has 0 radical (unpaired) electrons. The molecule has 2 aliphatic heterocycles. The molecular weight excluding hydrogens is 406 g/mol. The van der Waals surface area contributed by atoms with Gasteiger partial charge in [0.1, 0.15) is 5.00 Å². The number of urea groups is 1. The predicted molar refractivity (Wildman–Crippen MR) is 114 cm³/mol. The summed E-state index contributed by atoms with van der Waals surface area (Å²) in [6.07, 6.45) is 2.80. The highest BCUT2D eigenvalue weighted by Gasteiger charge is 2.32. The number of carbonyl (C=O) groups excluding carboxylic acids is 3. The summed E-state index contributed by atoms with van der Waals surface area (Å²) < 4.78 is 5.31. The summed E-state index contributed by atoms with van der Waals surface area (Å²) in [5.41, 5.74) is 7.07. The zero-order valence-electron chi connectivity index (χ0n) is 17.3. The minimum absolute atomic E-state index is 0.0502. The Balaban J connectivity index is 1.33. The van der Waals surface area contributed by atoms with Gasteiger partial charge in [-0.15, -0.1) is 11.3 Å². The van der Waals surface area contributed by atoms with Gasteiger partial charge in [-0.2, -0.15) is 0 Å². The minimum atomic E-state index is -0.479. The maximum atomic E-state index is 12.9. The largest absolute Gasteiger partial charge is 0.378 e. The number of rotatable bonds is 4. The Morgan fingerprint density at radius 2 is 1.70 bits per heavy atom. The van der Waals surface area contributed by atoms with Crippen molar-refractivity contribution in [1.29, 1.82) is 0 Å². The molecule has 4 amide bonds. The smallest absolute Gasteiger partial charge is 0.320 e. The van der Waals surface area contributed by atoms with Crippen molar-refractivity contribution >= 4 is 34.2 Å². The number of morpholine rings is 1. The number of hydrogen-bond donors (Lipinski definition) is 2. The molecule has 3 N–H and O–H groups in total. The van der Waals surface area contributed by atoms with E-state index in [4.69, 9.17) is 10.5 Å². The van der Waals surface area contributed by atoms with E-state index >= 15 is 0 Å². The van der Waals surface area contributed by atoms with Crippen LogP contribution < -0.4 is 11.1 Å². The van der Waals surface area contributed by atoms with Gasteiger partial charge in [-0.1, -0.05) is 0 Å². The number of aryl methyl sites for hydroxylation is 1. The molecule has 164 valence electrons. The van der Waals surface area contributed by atoms with Crippen LogP contribution in [0, 0.1) is 0 Å². The van der Waals surface area contributed by atoms with Crippen molar-refractivity contribution in [3.05, 3.63) is 16.0 Å². The van der Waals surface area contributed by atoms with Crippen molar-refractivity contribution in [1.82, 2.24) is 14.7 Å². The molecule has 1 aromatic rings. The molecule has 0 saturated carbocycles. The van der Waals surface area contributed by atoms with Gasteiger partial charge in [0.25, 0.3) is 5.91 Å². The van der Waals surface area contributed by atoms with Crippen LogP contribution in [0.1, 0.15) is 34.1 Å². The van der Waals surface area contributed by atoms with Crippen LogP contribution in [0.15, 0.2) is 0 Å². The average Bonchev–Trinajstić information content (AvgIpc) is 3.34. The first-order chi connectivity index (χ1) is 14.5. The number of carbonyl (C=O) groups is 3. The third-order valence-corrected chi connectivity index (χ3v) is 7.41. The van der Waals surface area contributed by atoms with Crippen LogP contribution in [0.5, 0.6) is 0 Å². The fraction of sp³-hybridized carbons (Fsp3) is 0.650. The normalized spacial score (nSPS) is 20.7. The van der Waals surface area contributed by atoms with Gasteiger partial charge in [0.05, 0.1) is 24.8 Å². The molecule has 1 unspecified atom stereocenters. The Kier molecular flexibility index (Phi) is 6.26. The van der Waals surface area contributed by atoms with Gasteiger partial charge in [0.15, 0.2) is 0 Å². The Hall–Kier alpha value is -2.17. The van der Waals surface area contributed by atoms with E-state index in [2.05, 4.69) is 10.2 Å². The summed E-state index contributed by atoms with van der Waals surface area (Å²) in [4.78, 5) is 44.4. The van der Waals surface area contributed by atoms with E-state index in [1.807, 2.05) is 16.7 Å².